The average molecular weight is 300 g/mol. The van der Waals surface area contributed by atoms with Gasteiger partial charge in [0.25, 0.3) is 5.91 Å². The highest BCUT2D eigenvalue weighted by atomic mass is 19.1. The van der Waals surface area contributed by atoms with E-state index in [1.807, 2.05) is 6.07 Å². The lowest BCUT2D eigenvalue weighted by atomic mass is 10.1. The van der Waals surface area contributed by atoms with Gasteiger partial charge in [-0.1, -0.05) is 36.4 Å². The van der Waals surface area contributed by atoms with Gasteiger partial charge in [0.2, 0.25) is 5.91 Å². The minimum absolute atomic E-state index is 0.106. The van der Waals surface area contributed by atoms with Crippen molar-refractivity contribution in [1.29, 1.82) is 0 Å². The molecule has 0 fully saturated rings. The van der Waals surface area contributed by atoms with E-state index in [0.717, 1.165) is 0 Å². The van der Waals surface area contributed by atoms with Crippen molar-refractivity contribution in [3.05, 3.63) is 71.5 Å². The molecule has 0 heterocycles. The maximum atomic E-state index is 13.4. The second kappa shape index (κ2) is 7.93. The number of carbonyl (C=O) groups is 2. The summed E-state index contributed by atoms with van der Waals surface area (Å²) in [6, 6.07) is 15.1. The summed E-state index contributed by atoms with van der Waals surface area (Å²) in [6.07, 6.45) is 0.408. The molecule has 0 aromatic heterocycles. The van der Waals surface area contributed by atoms with E-state index >= 15 is 0 Å². The summed E-state index contributed by atoms with van der Waals surface area (Å²) in [4.78, 5) is 23.4. The predicted octanol–water partition coefficient (Wildman–Crippen LogP) is 1.91. The van der Waals surface area contributed by atoms with Crippen molar-refractivity contribution in [2.75, 3.05) is 13.1 Å². The van der Waals surface area contributed by atoms with Gasteiger partial charge in [-0.25, -0.2) is 4.39 Å². The van der Waals surface area contributed by atoms with Gasteiger partial charge in [-0.05, 0) is 30.2 Å². The molecule has 4 nitrogen and oxygen atoms in total. The van der Waals surface area contributed by atoms with Gasteiger partial charge in [-0.2, -0.15) is 0 Å². The van der Waals surface area contributed by atoms with Crippen molar-refractivity contribution in [3.8, 4) is 0 Å². The first-order chi connectivity index (χ1) is 10.7. The smallest absolute Gasteiger partial charge is 0.251 e. The Bertz CT molecular complexity index is 644. The molecule has 2 amide bonds. The van der Waals surface area contributed by atoms with E-state index in [0.29, 0.717) is 24.1 Å². The van der Waals surface area contributed by atoms with Crippen LogP contribution in [0.2, 0.25) is 0 Å². The lowest BCUT2D eigenvalue weighted by molar-refractivity contribution is -0.120. The van der Waals surface area contributed by atoms with Gasteiger partial charge >= 0.3 is 0 Å². The molecule has 2 rings (SSSR count). The van der Waals surface area contributed by atoms with Crippen LogP contribution in [0, 0.1) is 5.82 Å². The molecule has 22 heavy (non-hydrogen) atoms. The van der Waals surface area contributed by atoms with Crippen LogP contribution in [-0.2, 0) is 11.2 Å². The SMILES string of the molecule is O=C(CNC(=O)c1ccccc1)NCCc1ccccc1F. The first-order valence-corrected chi connectivity index (χ1v) is 7.00. The number of carbonyl (C=O) groups excluding carboxylic acids is 2. The quantitative estimate of drug-likeness (QED) is 0.856. The molecule has 0 saturated heterocycles. The molecule has 0 spiro atoms. The van der Waals surface area contributed by atoms with Crippen LogP contribution in [0.4, 0.5) is 4.39 Å². The Kier molecular flexibility index (Phi) is 5.65. The Morgan fingerprint density at radius 3 is 2.32 bits per heavy atom. The standard InChI is InChI=1S/C17H17FN2O2/c18-15-9-5-4-6-13(15)10-11-19-16(21)12-20-17(22)14-7-2-1-3-8-14/h1-9H,10-12H2,(H,19,21)(H,20,22). The van der Waals surface area contributed by atoms with Crippen molar-refractivity contribution in [2.24, 2.45) is 0 Å². The minimum atomic E-state index is -0.305. The normalized spacial score (nSPS) is 10.0. The molecule has 0 aliphatic heterocycles. The van der Waals surface area contributed by atoms with Gasteiger partial charge < -0.3 is 10.6 Å². The van der Waals surface area contributed by atoms with Crippen LogP contribution in [-0.4, -0.2) is 24.9 Å². The first-order valence-electron chi connectivity index (χ1n) is 7.00. The van der Waals surface area contributed by atoms with Gasteiger partial charge in [0.15, 0.2) is 0 Å². The summed E-state index contributed by atoms with van der Waals surface area (Å²) in [5.74, 6) is -0.889. The second-order valence-electron chi connectivity index (χ2n) is 4.74. The van der Waals surface area contributed by atoms with Crippen LogP contribution in [0.25, 0.3) is 0 Å². The van der Waals surface area contributed by atoms with E-state index in [9.17, 15) is 14.0 Å². The summed E-state index contributed by atoms with van der Waals surface area (Å²) in [5, 5.41) is 5.18. The first kappa shape index (κ1) is 15.7. The van der Waals surface area contributed by atoms with Crippen LogP contribution in [0.1, 0.15) is 15.9 Å². The molecule has 114 valence electrons. The highest BCUT2D eigenvalue weighted by Crippen LogP contribution is 2.06. The third kappa shape index (κ3) is 4.70. The molecular formula is C17H17FN2O2. The molecule has 0 aliphatic carbocycles. The molecule has 2 N–H and O–H groups in total. The van der Waals surface area contributed by atoms with Gasteiger partial charge in [0.05, 0.1) is 6.54 Å². The Morgan fingerprint density at radius 1 is 0.909 bits per heavy atom. The molecule has 5 heteroatoms. The highest BCUT2D eigenvalue weighted by Gasteiger charge is 2.07. The summed E-state index contributed by atoms with van der Waals surface area (Å²) in [7, 11) is 0. The fraction of sp³-hybridized carbons (Fsp3) is 0.176. The van der Waals surface area contributed by atoms with E-state index in [2.05, 4.69) is 10.6 Å². The van der Waals surface area contributed by atoms with Crippen molar-refractivity contribution < 1.29 is 14.0 Å². The molecule has 0 atom stereocenters. The number of halogens is 1. The van der Waals surface area contributed by atoms with E-state index in [1.165, 1.54) is 6.07 Å². The van der Waals surface area contributed by atoms with Crippen molar-refractivity contribution in [3.63, 3.8) is 0 Å². The second-order valence-corrected chi connectivity index (χ2v) is 4.74. The van der Waals surface area contributed by atoms with Gasteiger partial charge in [0, 0.05) is 12.1 Å². The number of nitrogens with one attached hydrogen (secondary N) is 2. The van der Waals surface area contributed by atoms with Crippen LogP contribution >= 0.6 is 0 Å². The zero-order valence-electron chi connectivity index (χ0n) is 12.0. The fourth-order valence-electron chi connectivity index (χ4n) is 1.95. The summed E-state index contributed by atoms with van der Waals surface area (Å²) < 4.78 is 13.4. The van der Waals surface area contributed by atoms with Crippen molar-refractivity contribution >= 4 is 11.8 Å². The Morgan fingerprint density at radius 2 is 1.59 bits per heavy atom. The molecule has 0 unspecified atom stereocenters. The topological polar surface area (TPSA) is 58.2 Å². The molecule has 0 bridgehead atoms. The molecule has 0 radical (unpaired) electrons. The van der Waals surface area contributed by atoms with Crippen LogP contribution in [0.15, 0.2) is 54.6 Å². The maximum absolute atomic E-state index is 13.4. The molecule has 2 aromatic rings. The number of rotatable bonds is 6. The van der Waals surface area contributed by atoms with Crippen LogP contribution in [0.3, 0.4) is 0 Å². The fourth-order valence-corrected chi connectivity index (χ4v) is 1.95. The number of benzene rings is 2. The predicted molar refractivity (Wildman–Crippen MR) is 81.9 cm³/mol. The van der Waals surface area contributed by atoms with Gasteiger partial charge in [-0.15, -0.1) is 0 Å². The largest absolute Gasteiger partial charge is 0.354 e. The number of amides is 2. The van der Waals surface area contributed by atoms with E-state index in [1.54, 1.807) is 42.5 Å². The zero-order chi connectivity index (χ0) is 15.8. The van der Waals surface area contributed by atoms with Crippen LogP contribution < -0.4 is 10.6 Å². The molecule has 2 aromatic carbocycles. The Balaban J connectivity index is 1.70. The molecule has 0 saturated carbocycles. The van der Waals surface area contributed by atoms with Crippen molar-refractivity contribution in [2.45, 2.75) is 6.42 Å². The van der Waals surface area contributed by atoms with Crippen LogP contribution in [0.5, 0.6) is 0 Å². The summed E-state index contributed by atoms with van der Waals surface area (Å²) in [5.41, 5.74) is 1.05. The third-order valence-electron chi connectivity index (χ3n) is 3.12. The molecule has 0 aliphatic rings. The van der Waals surface area contributed by atoms with Crippen molar-refractivity contribution in [1.82, 2.24) is 10.6 Å². The van der Waals surface area contributed by atoms with Gasteiger partial charge in [-0.3, -0.25) is 9.59 Å². The lowest BCUT2D eigenvalue weighted by Gasteiger charge is -2.07. The lowest BCUT2D eigenvalue weighted by Crippen LogP contribution is -2.37. The highest BCUT2D eigenvalue weighted by molar-refractivity contribution is 5.96. The maximum Gasteiger partial charge on any atom is 0.251 e. The minimum Gasteiger partial charge on any atom is -0.354 e. The number of hydrogen-bond donors (Lipinski definition) is 2. The monoisotopic (exact) mass is 300 g/mol. The average Bonchev–Trinajstić information content (AvgIpc) is 2.55. The summed E-state index contributed by atoms with van der Waals surface area (Å²) >= 11 is 0. The Hall–Kier alpha value is -2.69. The third-order valence-corrected chi connectivity index (χ3v) is 3.12. The molecular weight excluding hydrogens is 283 g/mol. The van der Waals surface area contributed by atoms with E-state index < -0.39 is 0 Å². The Labute approximate surface area is 128 Å². The van der Waals surface area contributed by atoms with Gasteiger partial charge in [0.1, 0.15) is 5.82 Å². The van der Waals surface area contributed by atoms with E-state index in [4.69, 9.17) is 0 Å². The number of hydrogen-bond acceptors (Lipinski definition) is 2. The zero-order valence-corrected chi connectivity index (χ0v) is 12.0. The van der Waals surface area contributed by atoms with E-state index in [-0.39, 0.29) is 24.2 Å². The summed E-state index contributed by atoms with van der Waals surface area (Å²) in [6.45, 7) is 0.214.